The minimum atomic E-state index is 0.735. The highest BCUT2D eigenvalue weighted by atomic mass is 15.0. The van der Waals surface area contributed by atoms with Crippen molar-refractivity contribution in [1.82, 2.24) is 15.0 Å². The molecule has 0 fully saturated rings. The van der Waals surface area contributed by atoms with Gasteiger partial charge >= 0.3 is 0 Å². The van der Waals surface area contributed by atoms with E-state index >= 15 is 0 Å². The maximum atomic E-state index is 4.33. The standard InChI is InChI=1S/C17H14N4/c1-2-7-14-12(4-1)5-3-6-13(14)10-19-17-15-8-9-18-16(15)20-11-21-17/h1-9,11H,10H2,(H2,18,19,20,21). The molecular weight excluding hydrogens is 260 g/mol. The number of rotatable bonds is 3. The summed E-state index contributed by atoms with van der Waals surface area (Å²) in [5.74, 6) is 0.856. The molecule has 102 valence electrons. The summed E-state index contributed by atoms with van der Waals surface area (Å²) in [4.78, 5) is 11.6. The molecule has 21 heavy (non-hydrogen) atoms. The van der Waals surface area contributed by atoms with Gasteiger partial charge in [-0.05, 0) is 22.4 Å². The summed E-state index contributed by atoms with van der Waals surface area (Å²) >= 11 is 0. The first-order valence-corrected chi connectivity index (χ1v) is 6.90. The molecule has 4 rings (SSSR count). The van der Waals surface area contributed by atoms with Crippen molar-refractivity contribution >= 4 is 27.6 Å². The quantitative estimate of drug-likeness (QED) is 0.598. The van der Waals surface area contributed by atoms with Gasteiger partial charge in [0.25, 0.3) is 0 Å². The molecule has 0 bridgehead atoms. The fourth-order valence-corrected chi connectivity index (χ4v) is 2.64. The summed E-state index contributed by atoms with van der Waals surface area (Å²) in [7, 11) is 0. The maximum absolute atomic E-state index is 4.33. The molecule has 0 amide bonds. The number of aromatic amines is 1. The number of aromatic nitrogens is 3. The predicted octanol–water partition coefficient (Wildman–Crippen LogP) is 3.72. The smallest absolute Gasteiger partial charge is 0.142 e. The van der Waals surface area contributed by atoms with Gasteiger partial charge < -0.3 is 10.3 Å². The molecule has 4 aromatic rings. The number of fused-ring (bicyclic) bond motifs is 2. The Bertz CT molecular complexity index is 905. The highest BCUT2D eigenvalue weighted by Crippen LogP contribution is 2.21. The van der Waals surface area contributed by atoms with E-state index in [4.69, 9.17) is 0 Å². The summed E-state index contributed by atoms with van der Waals surface area (Å²) in [6, 6.07) is 16.8. The van der Waals surface area contributed by atoms with Crippen LogP contribution in [0.15, 0.2) is 61.1 Å². The Kier molecular flexibility index (Phi) is 2.78. The van der Waals surface area contributed by atoms with Gasteiger partial charge in [0, 0.05) is 12.7 Å². The van der Waals surface area contributed by atoms with Crippen molar-refractivity contribution in [3.05, 3.63) is 66.6 Å². The summed E-state index contributed by atoms with van der Waals surface area (Å²) in [6.07, 6.45) is 3.45. The average Bonchev–Trinajstić information content (AvgIpc) is 3.02. The van der Waals surface area contributed by atoms with Gasteiger partial charge in [-0.2, -0.15) is 0 Å². The summed E-state index contributed by atoms with van der Waals surface area (Å²) in [5.41, 5.74) is 2.11. The first kappa shape index (κ1) is 11.9. The molecule has 2 aromatic carbocycles. The Morgan fingerprint density at radius 3 is 2.81 bits per heavy atom. The van der Waals surface area contributed by atoms with Crippen LogP contribution in [0.4, 0.5) is 5.82 Å². The van der Waals surface area contributed by atoms with E-state index in [1.54, 1.807) is 6.33 Å². The van der Waals surface area contributed by atoms with Gasteiger partial charge in [0.15, 0.2) is 0 Å². The van der Waals surface area contributed by atoms with E-state index in [1.165, 1.54) is 16.3 Å². The molecule has 4 nitrogen and oxygen atoms in total. The van der Waals surface area contributed by atoms with Crippen molar-refractivity contribution in [2.24, 2.45) is 0 Å². The van der Waals surface area contributed by atoms with Gasteiger partial charge in [-0.3, -0.25) is 0 Å². The third kappa shape index (κ3) is 2.10. The van der Waals surface area contributed by atoms with E-state index in [1.807, 2.05) is 12.3 Å². The lowest BCUT2D eigenvalue weighted by Gasteiger charge is -2.09. The van der Waals surface area contributed by atoms with E-state index < -0.39 is 0 Å². The number of anilines is 1. The number of benzene rings is 2. The number of hydrogen-bond donors (Lipinski definition) is 2. The van der Waals surface area contributed by atoms with Crippen LogP contribution in [0, 0.1) is 0 Å². The van der Waals surface area contributed by atoms with E-state index in [0.717, 1.165) is 23.4 Å². The highest BCUT2D eigenvalue weighted by Gasteiger charge is 2.05. The maximum Gasteiger partial charge on any atom is 0.142 e. The van der Waals surface area contributed by atoms with Crippen LogP contribution in [0.5, 0.6) is 0 Å². The van der Waals surface area contributed by atoms with Gasteiger partial charge in [-0.25, -0.2) is 9.97 Å². The van der Waals surface area contributed by atoms with E-state index in [0.29, 0.717) is 0 Å². The molecule has 0 radical (unpaired) electrons. The SMILES string of the molecule is c1ccc2c(CNc3ncnc4[nH]ccc34)cccc2c1. The van der Waals surface area contributed by atoms with Crippen LogP contribution in [-0.2, 0) is 6.54 Å². The molecule has 0 aliphatic rings. The van der Waals surface area contributed by atoms with Crippen LogP contribution in [0.2, 0.25) is 0 Å². The molecule has 2 N–H and O–H groups in total. The van der Waals surface area contributed by atoms with Crippen molar-refractivity contribution in [3.63, 3.8) is 0 Å². The fourth-order valence-electron chi connectivity index (χ4n) is 2.64. The summed E-state index contributed by atoms with van der Waals surface area (Å²) < 4.78 is 0. The lowest BCUT2D eigenvalue weighted by molar-refractivity contribution is 1.11. The molecule has 0 saturated carbocycles. The first-order chi connectivity index (χ1) is 10.4. The second-order valence-electron chi connectivity index (χ2n) is 4.95. The second-order valence-corrected chi connectivity index (χ2v) is 4.95. The molecule has 0 saturated heterocycles. The van der Waals surface area contributed by atoms with Crippen LogP contribution < -0.4 is 5.32 Å². The molecule has 2 aromatic heterocycles. The molecule has 2 heterocycles. The van der Waals surface area contributed by atoms with Crippen LogP contribution in [0.3, 0.4) is 0 Å². The predicted molar refractivity (Wildman–Crippen MR) is 85.2 cm³/mol. The molecule has 0 unspecified atom stereocenters. The van der Waals surface area contributed by atoms with Crippen molar-refractivity contribution in [2.45, 2.75) is 6.54 Å². The van der Waals surface area contributed by atoms with Crippen LogP contribution in [0.1, 0.15) is 5.56 Å². The zero-order valence-corrected chi connectivity index (χ0v) is 11.4. The van der Waals surface area contributed by atoms with Crippen LogP contribution >= 0.6 is 0 Å². The monoisotopic (exact) mass is 274 g/mol. The van der Waals surface area contributed by atoms with Gasteiger partial charge in [0.2, 0.25) is 0 Å². The zero-order valence-electron chi connectivity index (χ0n) is 11.4. The normalized spacial score (nSPS) is 11.0. The van der Waals surface area contributed by atoms with E-state index in [2.05, 4.69) is 62.7 Å². The molecule has 4 heteroatoms. The van der Waals surface area contributed by atoms with Crippen LogP contribution in [-0.4, -0.2) is 15.0 Å². The molecule has 0 atom stereocenters. The third-order valence-corrected chi connectivity index (χ3v) is 3.68. The Morgan fingerprint density at radius 2 is 1.81 bits per heavy atom. The van der Waals surface area contributed by atoms with E-state index in [-0.39, 0.29) is 0 Å². The molecule has 0 aliphatic carbocycles. The van der Waals surface area contributed by atoms with E-state index in [9.17, 15) is 0 Å². The number of hydrogen-bond acceptors (Lipinski definition) is 3. The van der Waals surface area contributed by atoms with Crippen molar-refractivity contribution in [1.29, 1.82) is 0 Å². The zero-order chi connectivity index (χ0) is 14.1. The largest absolute Gasteiger partial charge is 0.365 e. The minimum absolute atomic E-state index is 0.735. The Labute approximate surface area is 121 Å². The van der Waals surface area contributed by atoms with Gasteiger partial charge in [0.1, 0.15) is 17.8 Å². The topological polar surface area (TPSA) is 53.6 Å². The van der Waals surface area contributed by atoms with Gasteiger partial charge in [-0.15, -0.1) is 0 Å². The summed E-state index contributed by atoms with van der Waals surface area (Å²) in [6.45, 7) is 0.735. The second kappa shape index (κ2) is 4.90. The molecular formula is C17H14N4. The van der Waals surface area contributed by atoms with Crippen molar-refractivity contribution in [3.8, 4) is 0 Å². The van der Waals surface area contributed by atoms with Crippen molar-refractivity contribution < 1.29 is 0 Å². The number of nitrogens with one attached hydrogen (secondary N) is 2. The van der Waals surface area contributed by atoms with Gasteiger partial charge in [-0.1, -0.05) is 42.5 Å². The number of nitrogens with zero attached hydrogens (tertiary/aromatic N) is 2. The molecule has 0 spiro atoms. The Morgan fingerprint density at radius 1 is 0.905 bits per heavy atom. The lowest BCUT2D eigenvalue weighted by Crippen LogP contribution is -2.02. The minimum Gasteiger partial charge on any atom is -0.365 e. The fraction of sp³-hybridized carbons (Fsp3) is 0.0588. The first-order valence-electron chi connectivity index (χ1n) is 6.90. The Hall–Kier alpha value is -2.88. The van der Waals surface area contributed by atoms with Crippen LogP contribution in [0.25, 0.3) is 21.8 Å². The lowest BCUT2D eigenvalue weighted by atomic mass is 10.0. The average molecular weight is 274 g/mol. The van der Waals surface area contributed by atoms with Crippen molar-refractivity contribution in [2.75, 3.05) is 5.32 Å². The summed E-state index contributed by atoms with van der Waals surface area (Å²) in [5, 5.41) is 6.95. The highest BCUT2D eigenvalue weighted by molar-refractivity contribution is 5.88. The Balaban J connectivity index is 1.68. The number of H-pyrrole nitrogens is 1. The third-order valence-electron chi connectivity index (χ3n) is 3.68. The molecule has 0 aliphatic heterocycles. The van der Waals surface area contributed by atoms with Gasteiger partial charge in [0.05, 0.1) is 5.39 Å².